The Hall–Kier alpha value is -2.09. The largest absolute Gasteiger partial charge is 0.479 e. The Bertz CT molecular complexity index is 572. The van der Waals surface area contributed by atoms with Crippen LogP contribution in [0.5, 0.6) is 0 Å². The Morgan fingerprint density at radius 3 is 2.50 bits per heavy atom. The summed E-state index contributed by atoms with van der Waals surface area (Å²) in [5, 5.41) is 18.5. The van der Waals surface area contributed by atoms with Crippen molar-refractivity contribution >= 4 is 17.6 Å². The van der Waals surface area contributed by atoms with Gasteiger partial charge in [0.15, 0.2) is 0 Å². The van der Waals surface area contributed by atoms with Crippen LogP contribution in [0.4, 0.5) is 18.9 Å². The number of rotatable bonds is 2. The summed E-state index contributed by atoms with van der Waals surface area (Å²) >= 11 is 0. The summed E-state index contributed by atoms with van der Waals surface area (Å²) in [5.74, 6) is -2.85. The van der Waals surface area contributed by atoms with Gasteiger partial charge in [0.2, 0.25) is 5.60 Å². The zero-order valence-corrected chi connectivity index (χ0v) is 10.0. The molecule has 1 heterocycles. The van der Waals surface area contributed by atoms with E-state index in [-0.39, 0.29) is 18.7 Å². The molecule has 5 nitrogen and oxygen atoms in total. The van der Waals surface area contributed by atoms with E-state index < -0.39 is 29.2 Å². The molecule has 2 rings (SSSR count). The minimum absolute atomic E-state index is 0.0954. The lowest BCUT2D eigenvalue weighted by molar-refractivity contribution is -0.162. The van der Waals surface area contributed by atoms with Crippen molar-refractivity contribution in [3.05, 3.63) is 29.8 Å². The van der Waals surface area contributed by atoms with Crippen LogP contribution in [0, 0.1) is 0 Å². The fourth-order valence-corrected chi connectivity index (χ4v) is 2.00. The Morgan fingerprint density at radius 1 is 1.35 bits per heavy atom. The molecule has 0 aromatic heterocycles. The lowest BCUT2D eigenvalue weighted by atomic mass is 10.0. The number of aliphatic carboxylic acids is 1. The minimum Gasteiger partial charge on any atom is -0.479 e. The zero-order chi connectivity index (χ0) is 15.1. The molecule has 0 aliphatic carbocycles. The predicted molar refractivity (Wildman–Crippen MR) is 61.0 cm³/mol. The van der Waals surface area contributed by atoms with E-state index in [0.29, 0.717) is 0 Å². The smallest absolute Gasteiger partial charge is 0.416 e. The van der Waals surface area contributed by atoms with Gasteiger partial charge in [-0.3, -0.25) is 4.79 Å². The number of aliphatic hydroxyl groups is 1. The normalized spacial score (nSPS) is 23.2. The van der Waals surface area contributed by atoms with Crippen LogP contribution < -0.4 is 4.90 Å². The monoisotopic (exact) mass is 289 g/mol. The first-order valence-corrected chi connectivity index (χ1v) is 5.61. The molecule has 0 spiro atoms. The Kier molecular flexibility index (Phi) is 3.21. The molecule has 20 heavy (non-hydrogen) atoms. The van der Waals surface area contributed by atoms with Crippen LogP contribution in [0.15, 0.2) is 24.3 Å². The molecule has 0 bridgehead atoms. The van der Waals surface area contributed by atoms with Crippen molar-refractivity contribution in [1.82, 2.24) is 0 Å². The van der Waals surface area contributed by atoms with Crippen LogP contribution in [0.25, 0.3) is 0 Å². The van der Waals surface area contributed by atoms with Gasteiger partial charge in [-0.15, -0.1) is 0 Å². The van der Waals surface area contributed by atoms with Gasteiger partial charge >= 0.3 is 12.1 Å². The number of carboxylic acids is 1. The summed E-state index contributed by atoms with van der Waals surface area (Å²) in [6.07, 6.45) is -4.95. The van der Waals surface area contributed by atoms with Crippen molar-refractivity contribution in [2.75, 3.05) is 11.4 Å². The number of anilines is 1. The number of carboxylic acid groups (broad SMARTS) is 1. The summed E-state index contributed by atoms with van der Waals surface area (Å²) in [6, 6.07) is 3.95. The average molecular weight is 289 g/mol. The van der Waals surface area contributed by atoms with E-state index in [1.807, 2.05) is 0 Å². The molecule has 2 N–H and O–H groups in total. The van der Waals surface area contributed by atoms with Gasteiger partial charge in [-0.2, -0.15) is 13.2 Å². The first-order valence-electron chi connectivity index (χ1n) is 5.61. The maximum Gasteiger partial charge on any atom is 0.416 e. The van der Waals surface area contributed by atoms with Gasteiger partial charge in [0.25, 0.3) is 5.91 Å². The molecule has 1 aromatic rings. The number of carbonyl (C=O) groups excluding carboxylic acids is 1. The molecule has 1 fully saturated rings. The van der Waals surface area contributed by atoms with E-state index in [0.717, 1.165) is 23.1 Å². The summed E-state index contributed by atoms with van der Waals surface area (Å²) in [5.41, 5.74) is -3.62. The van der Waals surface area contributed by atoms with Gasteiger partial charge in [-0.05, 0) is 18.2 Å². The SMILES string of the molecule is O=C(O)C1(O)CCN(c2cccc(C(F)(F)F)c2)C1=O. The van der Waals surface area contributed by atoms with E-state index >= 15 is 0 Å². The highest BCUT2D eigenvalue weighted by Crippen LogP contribution is 2.34. The van der Waals surface area contributed by atoms with Crippen LogP contribution in [-0.2, 0) is 15.8 Å². The quantitative estimate of drug-likeness (QED) is 0.803. The van der Waals surface area contributed by atoms with Gasteiger partial charge < -0.3 is 15.1 Å². The molecule has 0 saturated carbocycles. The number of hydrogen-bond donors (Lipinski definition) is 2. The zero-order valence-electron chi connectivity index (χ0n) is 10.0. The van der Waals surface area contributed by atoms with E-state index in [9.17, 15) is 27.9 Å². The molecule has 1 atom stereocenters. The minimum atomic E-state index is -4.57. The lowest BCUT2D eigenvalue weighted by Gasteiger charge is -2.20. The van der Waals surface area contributed by atoms with Gasteiger partial charge in [0.05, 0.1) is 5.56 Å². The van der Waals surface area contributed by atoms with Crippen molar-refractivity contribution in [3.63, 3.8) is 0 Å². The summed E-state index contributed by atoms with van der Waals surface area (Å²) in [6.45, 7) is -0.164. The van der Waals surface area contributed by atoms with Crippen LogP contribution in [-0.4, -0.2) is 34.2 Å². The van der Waals surface area contributed by atoms with Crippen molar-refractivity contribution in [1.29, 1.82) is 0 Å². The third kappa shape index (κ3) is 2.22. The number of amides is 1. The summed E-state index contributed by atoms with van der Waals surface area (Å²) in [4.78, 5) is 23.5. The number of hydrogen-bond acceptors (Lipinski definition) is 3. The second kappa shape index (κ2) is 4.48. The average Bonchev–Trinajstić information content (AvgIpc) is 2.67. The molecule has 8 heteroatoms. The highest BCUT2D eigenvalue weighted by atomic mass is 19.4. The Labute approximate surface area is 111 Å². The molecule has 1 unspecified atom stereocenters. The lowest BCUT2D eigenvalue weighted by Crippen LogP contribution is -2.46. The van der Waals surface area contributed by atoms with Crippen molar-refractivity contribution in [3.8, 4) is 0 Å². The van der Waals surface area contributed by atoms with Crippen LogP contribution in [0.3, 0.4) is 0 Å². The van der Waals surface area contributed by atoms with E-state index in [1.54, 1.807) is 0 Å². The second-order valence-electron chi connectivity index (χ2n) is 4.42. The third-order valence-corrected chi connectivity index (χ3v) is 3.14. The molecule has 1 amide bonds. The third-order valence-electron chi connectivity index (χ3n) is 3.14. The molecule has 0 radical (unpaired) electrons. The molecule has 1 aliphatic heterocycles. The molecular weight excluding hydrogens is 279 g/mol. The van der Waals surface area contributed by atoms with Crippen molar-refractivity contribution in [2.45, 2.75) is 18.2 Å². The number of alkyl halides is 3. The Morgan fingerprint density at radius 2 is 2.00 bits per heavy atom. The topological polar surface area (TPSA) is 77.8 Å². The van der Waals surface area contributed by atoms with Gasteiger partial charge in [0, 0.05) is 18.7 Å². The number of benzene rings is 1. The second-order valence-corrected chi connectivity index (χ2v) is 4.42. The fraction of sp³-hybridized carbons (Fsp3) is 0.333. The van der Waals surface area contributed by atoms with E-state index in [1.165, 1.54) is 6.07 Å². The maximum absolute atomic E-state index is 12.6. The molecule has 1 aliphatic rings. The summed E-state index contributed by atoms with van der Waals surface area (Å²) in [7, 11) is 0. The standard InChI is InChI=1S/C12H10F3NO4/c13-12(14,15)7-2-1-3-8(6-7)16-5-4-11(20,9(16)17)10(18)19/h1-3,6,20H,4-5H2,(H,18,19). The van der Waals surface area contributed by atoms with E-state index in [4.69, 9.17) is 5.11 Å². The summed E-state index contributed by atoms with van der Waals surface area (Å²) < 4.78 is 37.8. The number of halogens is 3. The van der Waals surface area contributed by atoms with Crippen molar-refractivity contribution in [2.24, 2.45) is 0 Å². The number of nitrogens with zero attached hydrogens (tertiary/aromatic N) is 1. The van der Waals surface area contributed by atoms with E-state index in [2.05, 4.69) is 0 Å². The molecule has 1 saturated heterocycles. The van der Waals surface area contributed by atoms with Crippen LogP contribution in [0.1, 0.15) is 12.0 Å². The molecule has 108 valence electrons. The first-order chi connectivity index (χ1) is 9.16. The van der Waals surface area contributed by atoms with Gasteiger partial charge in [-0.25, -0.2) is 4.79 Å². The number of carbonyl (C=O) groups is 2. The van der Waals surface area contributed by atoms with Gasteiger partial charge in [0.1, 0.15) is 0 Å². The predicted octanol–water partition coefficient (Wildman–Crippen LogP) is 1.26. The van der Waals surface area contributed by atoms with Crippen molar-refractivity contribution < 1.29 is 33.0 Å². The van der Waals surface area contributed by atoms with Gasteiger partial charge in [-0.1, -0.05) is 6.07 Å². The fourth-order valence-electron chi connectivity index (χ4n) is 2.00. The van der Waals surface area contributed by atoms with Crippen LogP contribution in [0.2, 0.25) is 0 Å². The highest BCUT2D eigenvalue weighted by Gasteiger charge is 2.52. The highest BCUT2D eigenvalue weighted by molar-refractivity contribution is 6.14. The molecule has 1 aromatic carbocycles. The van der Waals surface area contributed by atoms with Crippen LogP contribution >= 0.6 is 0 Å². The first kappa shape index (κ1) is 14.3. The maximum atomic E-state index is 12.6. The molecular formula is C12H10F3NO4. The Balaban J connectivity index is 2.35.